The molecule has 2 nitrogen and oxygen atoms in total. The molecule has 0 saturated heterocycles. The Kier molecular flexibility index (Phi) is 5.24. The number of ether oxygens (including phenoxy) is 1. The van der Waals surface area contributed by atoms with Crippen molar-refractivity contribution in [3.63, 3.8) is 0 Å². The van der Waals surface area contributed by atoms with Crippen LogP contribution in [0.5, 0.6) is 5.75 Å². The van der Waals surface area contributed by atoms with Crippen molar-refractivity contribution in [3.05, 3.63) is 62.0 Å². The lowest BCUT2D eigenvalue weighted by Crippen LogP contribution is -2.14. The van der Waals surface area contributed by atoms with Gasteiger partial charge in [-0.1, -0.05) is 28.1 Å². The van der Waals surface area contributed by atoms with Crippen molar-refractivity contribution in [1.29, 1.82) is 0 Å². The van der Waals surface area contributed by atoms with Crippen LogP contribution in [0.1, 0.15) is 22.7 Å². The highest BCUT2D eigenvalue weighted by Gasteiger charge is 2.11. The second-order valence-corrected chi connectivity index (χ2v) is 6.55. The predicted octanol–water partition coefficient (Wildman–Crippen LogP) is 4.77. The van der Waals surface area contributed by atoms with E-state index in [0.717, 1.165) is 21.1 Å². The van der Waals surface area contributed by atoms with Crippen LogP contribution >= 0.6 is 31.9 Å². The molecule has 0 amide bonds. The Bertz CT molecular complexity index is 613. The van der Waals surface area contributed by atoms with Crippen LogP contribution in [0.4, 0.5) is 0 Å². The molecule has 0 bridgehead atoms. The zero-order chi connectivity index (χ0) is 14.7. The summed E-state index contributed by atoms with van der Waals surface area (Å²) < 4.78 is 7.28. The Morgan fingerprint density at radius 2 is 1.90 bits per heavy atom. The fourth-order valence-electron chi connectivity index (χ4n) is 2.26. The lowest BCUT2D eigenvalue weighted by Gasteiger charge is -2.16. The minimum absolute atomic E-state index is 0.0107. The highest BCUT2D eigenvalue weighted by molar-refractivity contribution is 9.10. The van der Waals surface area contributed by atoms with E-state index in [9.17, 15) is 0 Å². The molecule has 2 rings (SSSR count). The summed E-state index contributed by atoms with van der Waals surface area (Å²) in [6, 6.07) is 12.3. The third-order valence-electron chi connectivity index (χ3n) is 3.30. The molecule has 0 aliphatic heterocycles. The summed E-state index contributed by atoms with van der Waals surface area (Å²) in [5.41, 5.74) is 9.91. The lowest BCUT2D eigenvalue weighted by molar-refractivity contribution is 0.412. The number of benzene rings is 2. The van der Waals surface area contributed by atoms with Gasteiger partial charge in [-0.05, 0) is 70.2 Å². The summed E-state index contributed by atoms with van der Waals surface area (Å²) in [7, 11) is 1.66. The average molecular weight is 399 g/mol. The van der Waals surface area contributed by atoms with Crippen LogP contribution in [0.25, 0.3) is 0 Å². The van der Waals surface area contributed by atoms with Crippen LogP contribution in [0.2, 0.25) is 0 Å². The Morgan fingerprint density at radius 3 is 2.50 bits per heavy atom. The number of aryl methyl sites for hydroxylation is 1. The van der Waals surface area contributed by atoms with Crippen molar-refractivity contribution >= 4 is 31.9 Å². The molecule has 0 saturated carbocycles. The third-order valence-corrected chi connectivity index (χ3v) is 4.42. The maximum absolute atomic E-state index is 6.34. The molecule has 2 aromatic rings. The van der Waals surface area contributed by atoms with Crippen molar-refractivity contribution in [1.82, 2.24) is 0 Å². The maximum atomic E-state index is 6.34. The van der Waals surface area contributed by atoms with Gasteiger partial charge in [-0.25, -0.2) is 0 Å². The van der Waals surface area contributed by atoms with Gasteiger partial charge in [-0.3, -0.25) is 0 Å². The van der Waals surface area contributed by atoms with Crippen molar-refractivity contribution in [2.45, 2.75) is 19.4 Å². The molecule has 1 unspecified atom stereocenters. The first kappa shape index (κ1) is 15.5. The quantitative estimate of drug-likeness (QED) is 0.804. The van der Waals surface area contributed by atoms with Crippen molar-refractivity contribution in [3.8, 4) is 5.75 Å². The normalized spacial score (nSPS) is 12.2. The van der Waals surface area contributed by atoms with Gasteiger partial charge in [0.15, 0.2) is 0 Å². The van der Waals surface area contributed by atoms with E-state index in [-0.39, 0.29) is 6.04 Å². The van der Waals surface area contributed by atoms with Crippen LogP contribution in [0.3, 0.4) is 0 Å². The molecule has 20 heavy (non-hydrogen) atoms. The van der Waals surface area contributed by atoms with Gasteiger partial charge in [0.1, 0.15) is 5.75 Å². The fraction of sp³-hybridized carbons (Fsp3) is 0.250. The van der Waals surface area contributed by atoms with Crippen molar-refractivity contribution in [2.24, 2.45) is 5.73 Å². The van der Waals surface area contributed by atoms with Gasteiger partial charge in [-0.2, -0.15) is 0 Å². The van der Waals surface area contributed by atoms with Crippen LogP contribution < -0.4 is 10.5 Å². The monoisotopic (exact) mass is 397 g/mol. The third kappa shape index (κ3) is 3.62. The van der Waals surface area contributed by atoms with E-state index >= 15 is 0 Å². The molecule has 0 aliphatic carbocycles. The van der Waals surface area contributed by atoms with Gasteiger partial charge < -0.3 is 10.5 Å². The van der Waals surface area contributed by atoms with Crippen LogP contribution in [-0.2, 0) is 6.42 Å². The molecule has 1 atom stereocenters. The van der Waals surface area contributed by atoms with Gasteiger partial charge in [-0.15, -0.1) is 0 Å². The predicted molar refractivity (Wildman–Crippen MR) is 90.2 cm³/mol. The summed E-state index contributed by atoms with van der Waals surface area (Å²) >= 11 is 6.98. The smallest absolute Gasteiger partial charge is 0.133 e. The zero-order valence-electron chi connectivity index (χ0n) is 11.5. The molecular weight excluding hydrogens is 382 g/mol. The van der Waals surface area contributed by atoms with Gasteiger partial charge in [0.05, 0.1) is 11.6 Å². The van der Waals surface area contributed by atoms with Gasteiger partial charge in [0.2, 0.25) is 0 Å². The zero-order valence-corrected chi connectivity index (χ0v) is 14.7. The molecule has 0 radical (unpaired) electrons. The van der Waals surface area contributed by atoms with Crippen molar-refractivity contribution < 1.29 is 4.74 Å². The topological polar surface area (TPSA) is 35.2 Å². The summed E-state index contributed by atoms with van der Waals surface area (Å²) in [5.74, 6) is 0.835. The van der Waals surface area contributed by atoms with Crippen LogP contribution in [0, 0.1) is 6.92 Å². The summed E-state index contributed by atoms with van der Waals surface area (Å²) in [5, 5.41) is 0. The first-order chi connectivity index (χ1) is 9.51. The van der Waals surface area contributed by atoms with Gasteiger partial charge in [0.25, 0.3) is 0 Å². The van der Waals surface area contributed by atoms with E-state index in [1.165, 1.54) is 16.7 Å². The number of rotatable bonds is 4. The number of hydrogen-bond acceptors (Lipinski definition) is 2. The van der Waals surface area contributed by atoms with Crippen molar-refractivity contribution in [2.75, 3.05) is 7.11 Å². The largest absolute Gasteiger partial charge is 0.496 e. The Labute approximate surface area is 136 Å². The highest BCUT2D eigenvalue weighted by Crippen LogP contribution is 2.28. The van der Waals surface area contributed by atoms with Gasteiger partial charge >= 0.3 is 0 Å². The van der Waals surface area contributed by atoms with E-state index in [4.69, 9.17) is 10.5 Å². The van der Waals surface area contributed by atoms with Crippen LogP contribution in [-0.4, -0.2) is 7.11 Å². The Hall–Kier alpha value is -0.840. The maximum Gasteiger partial charge on any atom is 0.133 e. The molecule has 0 aliphatic rings. The van der Waals surface area contributed by atoms with E-state index in [1.807, 2.05) is 12.1 Å². The molecule has 2 N–H and O–H groups in total. The minimum Gasteiger partial charge on any atom is -0.496 e. The molecule has 0 spiro atoms. The van der Waals surface area contributed by atoms with Crippen LogP contribution in [0.15, 0.2) is 45.3 Å². The van der Waals surface area contributed by atoms with E-state index in [0.29, 0.717) is 0 Å². The van der Waals surface area contributed by atoms with E-state index < -0.39 is 0 Å². The van der Waals surface area contributed by atoms with E-state index in [1.54, 1.807) is 7.11 Å². The molecule has 0 fully saturated rings. The van der Waals surface area contributed by atoms with Gasteiger partial charge in [0, 0.05) is 10.5 Å². The number of halogens is 2. The molecule has 106 valence electrons. The highest BCUT2D eigenvalue weighted by atomic mass is 79.9. The average Bonchev–Trinajstić information content (AvgIpc) is 2.38. The Balaban J connectivity index is 2.18. The minimum atomic E-state index is -0.0107. The Morgan fingerprint density at radius 1 is 1.15 bits per heavy atom. The molecule has 2 aromatic carbocycles. The first-order valence-corrected chi connectivity index (χ1v) is 7.94. The lowest BCUT2D eigenvalue weighted by atomic mass is 9.96. The molecule has 4 heteroatoms. The SMILES string of the molecule is COc1ccc(CC(N)c2ccc(Br)cc2C)cc1Br. The molecule has 0 heterocycles. The summed E-state index contributed by atoms with van der Waals surface area (Å²) in [6.07, 6.45) is 0.797. The second kappa shape index (κ2) is 6.74. The number of methoxy groups -OCH3 is 1. The standard InChI is InChI=1S/C16H17Br2NO/c1-10-7-12(17)4-5-13(10)15(19)9-11-3-6-16(20-2)14(18)8-11/h3-8,15H,9,19H2,1-2H3. The fourth-order valence-corrected chi connectivity index (χ4v) is 3.32. The van der Waals surface area contributed by atoms with E-state index in [2.05, 4.69) is 63.0 Å². The molecule has 0 aromatic heterocycles. The number of nitrogens with two attached hydrogens (primary N) is 1. The summed E-state index contributed by atoms with van der Waals surface area (Å²) in [4.78, 5) is 0. The number of hydrogen-bond donors (Lipinski definition) is 1. The molecular formula is C16H17Br2NO. The second-order valence-electron chi connectivity index (χ2n) is 4.78. The summed E-state index contributed by atoms with van der Waals surface area (Å²) in [6.45, 7) is 2.09. The first-order valence-electron chi connectivity index (χ1n) is 6.35.